The number of hydrogen-bond acceptors (Lipinski definition) is 2. The number of halogens is 6. The second kappa shape index (κ2) is 9.75. The lowest BCUT2D eigenvalue weighted by Crippen LogP contribution is -2.40. The van der Waals surface area contributed by atoms with Gasteiger partial charge in [-0.15, -0.1) is 0 Å². The number of carboxylic acids is 1. The molecule has 1 saturated heterocycles. The molecule has 9 heteroatoms. The van der Waals surface area contributed by atoms with Crippen LogP contribution in [0.4, 0.5) is 26.3 Å². The van der Waals surface area contributed by atoms with Gasteiger partial charge in [-0.3, -0.25) is 9.69 Å². The van der Waals surface area contributed by atoms with Crippen molar-refractivity contribution in [2.75, 3.05) is 6.54 Å². The summed E-state index contributed by atoms with van der Waals surface area (Å²) in [6.07, 6.45) is -7.36. The maximum absolute atomic E-state index is 13.0. The third kappa shape index (κ3) is 6.07. The molecule has 2 aromatic rings. The van der Waals surface area contributed by atoms with Gasteiger partial charge in [0.15, 0.2) is 0 Å². The molecule has 0 amide bonds. The summed E-state index contributed by atoms with van der Waals surface area (Å²) in [6.45, 7) is 2.39. The summed E-state index contributed by atoms with van der Waals surface area (Å²) in [6, 6.07) is 9.15. The van der Waals surface area contributed by atoms with Crippen LogP contribution in [0.1, 0.15) is 66.9 Å². The number of hydrogen-bond donors (Lipinski definition) is 1. The second-order valence-electron chi connectivity index (χ2n) is 8.41. The van der Waals surface area contributed by atoms with Gasteiger partial charge in [0.05, 0.1) is 11.1 Å². The van der Waals surface area contributed by atoms with E-state index in [1.54, 1.807) is 0 Å². The van der Waals surface area contributed by atoms with E-state index in [-0.39, 0.29) is 24.4 Å². The van der Waals surface area contributed by atoms with Gasteiger partial charge >= 0.3 is 18.3 Å². The summed E-state index contributed by atoms with van der Waals surface area (Å²) < 4.78 is 77.9. The molecule has 1 heterocycles. The Morgan fingerprint density at radius 2 is 1.48 bits per heavy atom. The van der Waals surface area contributed by atoms with Crippen LogP contribution >= 0.6 is 0 Å². The number of rotatable bonds is 6. The van der Waals surface area contributed by atoms with Gasteiger partial charge in [0.2, 0.25) is 0 Å². The summed E-state index contributed by atoms with van der Waals surface area (Å²) in [4.78, 5) is 13.3. The molecule has 2 aromatic carbocycles. The number of carboxylic acid groups (broad SMARTS) is 1. The van der Waals surface area contributed by atoms with Gasteiger partial charge in [0.1, 0.15) is 0 Å². The van der Waals surface area contributed by atoms with Crippen molar-refractivity contribution in [1.82, 2.24) is 4.90 Å². The quantitative estimate of drug-likeness (QED) is 0.455. The lowest BCUT2D eigenvalue weighted by atomic mass is 9.83. The van der Waals surface area contributed by atoms with Crippen molar-refractivity contribution in [3.63, 3.8) is 0 Å². The minimum absolute atomic E-state index is 0.0396. The molecule has 0 saturated carbocycles. The standard InChI is InChI=1S/C24H25F6NO2/c1-2-20(16-3-7-18(8-4-16)23(25,26)27)31-12-11-15(14-22(32)33)13-21(31)17-5-9-19(10-6-17)24(28,29)30/h3-10,15,20-21H,2,11-14H2,1H3,(H,32,33). The Bertz CT molecular complexity index is 937. The Hall–Kier alpha value is -2.55. The van der Waals surface area contributed by atoms with E-state index in [2.05, 4.69) is 4.90 Å². The Balaban J connectivity index is 1.93. The van der Waals surface area contributed by atoms with E-state index in [4.69, 9.17) is 0 Å². The van der Waals surface area contributed by atoms with Crippen LogP contribution in [0.5, 0.6) is 0 Å². The summed E-state index contributed by atoms with van der Waals surface area (Å²) in [7, 11) is 0. The molecule has 0 bridgehead atoms. The number of alkyl halides is 6. The first kappa shape index (κ1) is 25.1. The van der Waals surface area contributed by atoms with Gasteiger partial charge in [0.25, 0.3) is 0 Å². The van der Waals surface area contributed by atoms with Crippen molar-refractivity contribution >= 4 is 5.97 Å². The largest absolute Gasteiger partial charge is 0.481 e. The normalized spacial score (nSPS) is 21.1. The van der Waals surface area contributed by atoms with Crippen LogP contribution < -0.4 is 0 Å². The van der Waals surface area contributed by atoms with E-state index < -0.39 is 29.4 Å². The van der Waals surface area contributed by atoms with Crippen molar-refractivity contribution < 1.29 is 36.2 Å². The number of benzene rings is 2. The van der Waals surface area contributed by atoms with E-state index in [1.807, 2.05) is 6.92 Å². The van der Waals surface area contributed by atoms with E-state index in [9.17, 15) is 36.2 Å². The molecule has 0 aliphatic carbocycles. The lowest BCUT2D eigenvalue weighted by Gasteiger charge is -2.44. The maximum Gasteiger partial charge on any atom is 0.416 e. The molecule has 1 fully saturated rings. The highest BCUT2D eigenvalue weighted by Gasteiger charge is 2.36. The first-order chi connectivity index (χ1) is 15.4. The first-order valence-electron chi connectivity index (χ1n) is 10.7. The Kier molecular flexibility index (Phi) is 7.41. The fourth-order valence-corrected chi connectivity index (χ4v) is 4.64. The van der Waals surface area contributed by atoms with Crippen LogP contribution in [-0.2, 0) is 17.1 Å². The van der Waals surface area contributed by atoms with Crippen LogP contribution in [0.15, 0.2) is 48.5 Å². The Morgan fingerprint density at radius 3 is 1.94 bits per heavy atom. The predicted octanol–water partition coefficient (Wildman–Crippen LogP) is 7.10. The molecule has 0 aromatic heterocycles. The van der Waals surface area contributed by atoms with Crippen LogP contribution in [0.3, 0.4) is 0 Å². The van der Waals surface area contributed by atoms with Gasteiger partial charge in [-0.25, -0.2) is 0 Å². The molecule has 1 aliphatic heterocycles. The maximum atomic E-state index is 13.0. The van der Waals surface area contributed by atoms with E-state index in [0.717, 1.165) is 24.3 Å². The van der Waals surface area contributed by atoms with Gasteiger partial charge in [-0.05, 0) is 67.1 Å². The van der Waals surface area contributed by atoms with Crippen molar-refractivity contribution in [2.45, 2.75) is 57.0 Å². The molecule has 0 radical (unpaired) electrons. The monoisotopic (exact) mass is 473 g/mol. The molecule has 3 unspecified atom stereocenters. The number of aliphatic carboxylic acids is 1. The van der Waals surface area contributed by atoms with E-state index in [0.29, 0.717) is 36.9 Å². The van der Waals surface area contributed by atoms with E-state index >= 15 is 0 Å². The van der Waals surface area contributed by atoms with Gasteiger partial charge in [-0.2, -0.15) is 26.3 Å². The number of piperidine rings is 1. The van der Waals surface area contributed by atoms with E-state index in [1.165, 1.54) is 24.3 Å². The fraction of sp³-hybridized carbons (Fsp3) is 0.458. The number of likely N-dealkylation sites (tertiary alicyclic amines) is 1. The molecular weight excluding hydrogens is 448 g/mol. The molecule has 1 N–H and O–H groups in total. The van der Waals surface area contributed by atoms with Gasteiger partial charge < -0.3 is 5.11 Å². The molecule has 180 valence electrons. The average molecular weight is 473 g/mol. The van der Waals surface area contributed by atoms with Gasteiger partial charge in [0, 0.05) is 18.5 Å². The number of carbonyl (C=O) groups is 1. The second-order valence-corrected chi connectivity index (χ2v) is 8.41. The molecule has 3 rings (SSSR count). The molecule has 33 heavy (non-hydrogen) atoms. The molecule has 3 atom stereocenters. The van der Waals surface area contributed by atoms with Crippen molar-refractivity contribution in [3.05, 3.63) is 70.8 Å². The SMILES string of the molecule is CCC(c1ccc(C(F)(F)F)cc1)N1CCC(CC(=O)O)CC1c1ccc(C(F)(F)F)cc1. The smallest absolute Gasteiger partial charge is 0.416 e. The highest BCUT2D eigenvalue weighted by atomic mass is 19.4. The molecule has 0 spiro atoms. The minimum Gasteiger partial charge on any atom is -0.481 e. The Morgan fingerprint density at radius 1 is 0.970 bits per heavy atom. The van der Waals surface area contributed by atoms with Crippen molar-refractivity contribution in [3.8, 4) is 0 Å². The summed E-state index contributed by atoms with van der Waals surface area (Å²) in [5.41, 5.74) is -0.214. The zero-order valence-corrected chi connectivity index (χ0v) is 18.0. The third-order valence-electron chi connectivity index (χ3n) is 6.25. The highest BCUT2D eigenvalue weighted by molar-refractivity contribution is 5.67. The van der Waals surface area contributed by atoms with Gasteiger partial charge in [-0.1, -0.05) is 31.2 Å². The van der Waals surface area contributed by atoms with Crippen LogP contribution in [0.25, 0.3) is 0 Å². The molecular formula is C24H25F6NO2. The summed E-state index contributed by atoms with van der Waals surface area (Å²) in [5, 5.41) is 9.21. The third-order valence-corrected chi connectivity index (χ3v) is 6.25. The summed E-state index contributed by atoms with van der Waals surface area (Å²) >= 11 is 0. The zero-order valence-electron chi connectivity index (χ0n) is 18.0. The number of nitrogens with zero attached hydrogens (tertiary/aromatic N) is 1. The average Bonchev–Trinajstić information content (AvgIpc) is 2.74. The molecule has 1 aliphatic rings. The first-order valence-corrected chi connectivity index (χ1v) is 10.7. The van der Waals surface area contributed by atoms with Crippen LogP contribution in [0.2, 0.25) is 0 Å². The van der Waals surface area contributed by atoms with Crippen molar-refractivity contribution in [1.29, 1.82) is 0 Å². The minimum atomic E-state index is -4.47. The predicted molar refractivity (Wildman–Crippen MR) is 110 cm³/mol. The highest BCUT2D eigenvalue weighted by Crippen LogP contribution is 2.43. The van der Waals surface area contributed by atoms with Crippen LogP contribution in [-0.4, -0.2) is 22.5 Å². The zero-order chi connectivity index (χ0) is 24.4. The van der Waals surface area contributed by atoms with Crippen LogP contribution in [0, 0.1) is 5.92 Å². The Labute approximate surface area is 188 Å². The fourth-order valence-electron chi connectivity index (χ4n) is 4.64. The topological polar surface area (TPSA) is 40.5 Å². The molecule has 3 nitrogen and oxygen atoms in total. The lowest BCUT2D eigenvalue weighted by molar-refractivity contribution is -0.139. The van der Waals surface area contributed by atoms with Crippen molar-refractivity contribution in [2.24, 2.45) is 5.92 Å². The summed E-state index contributed by atoms with van der Waals surface area (Å²) in [5.74, 6) is -1.08.